The molecule has 0 bridgehead atoms. The third-order valence-electron chi connectivity index (χ3n) is 2.55. The standard InChI is InChI=1S/C13H16ClN3O/c1-15-8-10-4-3-5-12(14)13(10)18-9-11-6-7-17(2)16-11/h3-7,15H,8-9H2,1-2H3. The Hall–Kier alpha value is -1.52. The number of para-hydroxylation sites is 1. The summed E-state index contributed by atoms with van der Waals surface area (Å²) in [5.74, 6) is 0.721. The lowest BCUT2D eigenvalue weighted by molar-refractivity contribution is 0.296. The largest absolute Gasteiger partial charge is 0.485 e. The average Bonchev–Trinajstić information content (AvgIpc) is 2.75. The second-order valence-electron chi connectivity index (χ2n) is 4.03. The number of nitrogens with zero attached hydrogens (tertiary/aromatic N) is 2. The van der Waals surface area contributed by atoms with Crippen LogP contribution in [0, 0.1) is 0 Å². The molecule has 0 aliphatic heterocycles. The van der Waals surface area contributed by atoms with Crippen molar-refractivity contribution in [2.45, 2.75) is 13.2 Å². The van der Waals surface area contributed by atoms with E-state index in [0.29, 0.717) is 11.6 Å². The van der Waals surface area contributed by atoms with Crippen LogP contribution in [0.2, 0.25) is 5.02 Å². The highest BCUT2D eigenvalue weighted by Crippen LogP contribution is 2.29. The molecule has 0 aliphatic carbocycles. The van der Waals surface area contributed by atoms with E-state index in [4.69, 9.17) is 16.3 Å². The molecular weight excluding hydrogens is 250 g/mol. The lowest BCUT2D eigenvalue weighted by Gasteiger charge is -2.12. The van der Waals surface area contributed by atoms with Crippen molar-refractivity contribution in [3.05, 3.63) is 46.7 Å². The molecule has 2 aromatic rings. The minimum absolute atomic E-state index is 0.418. The maximum Gasteiger partial charge on any atom is 0.142 e. The van der Waals surface area contributed by atoms with Crippen LogP contribution in [0.15, 0.2) is 30.5 Å². The Kier molecular flexibility index (Phi) is 4.23. The van der Waals surface area contributed by atoms with Crippen LogP contribution in [0.4, 0.5) is 0 Å². The average molecular weight is 266 g/mol. The maximum absolute atomic E-state index is 6.16. The quantitative estimate of drug-likeness (QED) is 0.902. The first kappa shape index (κ1) is 12.9. The normalized spacial score (nSPS) is 10.6. The van der Waals surface area contributed by atoms with E-state index in [1.807, 2.05) is 44.6 Å². The summed E-state index contributed by atoms with van der Waals surface area (Å²) in [5.41, 5.74) is 1.92. The van der Waals surface area contributed by atoms with Crippen molar-refractivity contribution in [3.63, 3.8) is 0 Å². The molecule has 0 amide bonds. The van der Waals surface area contributed by atoms with E-state index >= 15 is 0 Å². The SMILES string of the molecule is CNCc1cccc(Cl)c1OCc1ccn(C)n1. The van der Waals surface area contributed by atoms with Gasteiger partial charge in [-0.05, 0) is 19.2 Å². The zero-order valence-corrected chi connectivity index (χ0v) is 11.2. The van der Waals surface area contributed by atoms with Gasteiger partial charge in [-0.2, -0.15) is 5.10 Å². The number of benzene rings is 1. The summed E-state index contributed by atoms with van der Waals surface area (Å²) in [7, 11) is 3.77. The van der Waals surface area contributed by atoms with Gasteiger partial charge in [0.25, 0.3) is 0 Å². The molecule has 0 radical (unpaired) electrons. The Bertz CT molecular complexity index is 525. The molecule has 0 fully saturated rings. The Balaban J connectivity index is 2.12. The van der Waals surface area contributed by atoms with Crippen LogP contribution in [0.3, 0.4) is 0 Å². The van der Waals surface area contributed by atoms with Gasteiger partial charge >= 0.3 is 0 Å². The van der Waals surface area contributed by atoms with Gasteiger partial charge in [-0.1, -0.05) is 23.7 Å². The van der Waals surface area contributed by atoms with Gasteiger partial charge in [-0.15, -0.1) is 0 Å². The molecule has 96 valence electrons. The summed E-state index contributed by atoms with van der Waals surface area (Å²) in [4.78, 5) is 0. The van der Waals surface area contributed by atoms with Crippen molar-refractivity contribution in [3.8, 4) is 5.75 Å². The van der Waals surface area contributed by atoms with Crippen molar-refractivity contribution in [2.75, 3.05) is 7.05 Å². The third kappa shape index (κ3) is 3.03. The van der Waals surface area contributed by atoms with Gasteiger partial charge in [-0.25, -0.2) is 0 Å². The predicted octanol–water partition coefficient (Wildman–Crippen LogP) is 2.37. The lowest BCUT2D eigenvalue weighted by atomic mass is 10.2. The van der Waals surface area contributed by atoms with Crippen LogP contribution in [0.1, 0.15) is 11.3 Å². The Morgan fingerprint density at radius 1 is 1.39 bits per heavy atom. The monoisotopic (exact) mass is 265 g/mol. The number of nitrogens with one attached hydrogen (secondary N) is 1. The summed E-state index contributed by atoms with van der Waals surface area (Å²) in [5, 5.41) is 7.98. The van der Waals surface area contributed by atoms with Crippen LogP contribution in [0.25, 0.3) is 0 Å². The van der Waals surface area contributed by atoms with E-state index in [1.165, 1.54) is 0 Å². The smallest absolute Gasteiger partial charge is 0.142 e. The van der Waals surface area contributed by atoms with Crippen molar-refractivity contribution in [1.82, 2.24) is 15.1 Å². The molecule has 1 heterocycles. The molecule has 2 rings (SSSR count). The van der Waals surface area contributed by atoms with Crippen LogP contribution in [-0.2, 0) is 20.2 Å². The molecule has 0 aliphatic rings. The second kappa shape index (κ2) is 5.89. The lowest BCUT2D eigenvalue weighted by Crippen LogP contribution is -2.08. The van der Waals surface area contributed by atoms with Gasteiger partial charge in [0.1, 0.15) is 12.4 Å². The van der Waals surface area contributed by atoms with Crippen molar-refractivity contribution in [1.29, 1.82) is 0 Å². The number of aryl methyl sites for hydroxylation is 1. The van der Waals surface area contributed by atoms with E-state index in [2.05, 4.69) is 10.4 Å². The molecule has 1 N–H and O–H groups in total. The van der Waals surface area contributed by atoms with E-state index in [0.717, 1.165) is 23.6 Å². The van der Waals surface area contributed by atoms with Gasteiger partial charge in [0, 0.05) is 25.4 Å². The van der Waals surface area contributed by atoms with Crippen LogP contribution < -0.4 is 10.1 Å². The molecule has 5 heteroatoms. The summed E-state index contributed by atoms with van der Waals surface area (Å²) in [6.45, 7) is 1.14. The third-order valence-corrected chi connectivity index (χ3v) is 2.85. The number of halogens is 1. The molecule has 18 heavy (non-hydrogen) atoms. The number of rotatable bonds is 5. The van der Waals surface area contributed by atoms with Crippen molar-refractivity contribution in [2.24, 2.45) is 7.05 Å². The first-order chi connectivity index (χ1) is 8.70. The van der Waals surface area contributed by atoms with E-state index < -0.39 is 0 Å². The van der Waals surface area contributed by atoms with Gasteiger partial charge in [0.2, 0.25) is 0 Å². The zero-order chi connectivity index (χ0) is 13.0. The Morgan fingerprint density at radius 2 is 2.22 bits per heavy atom. The molecule has 0 unspecified atom stereocenters. The summed E-state index contributed by atoms with van der Waals surface area (Å²) in [6, 6.07) is 7.67. The molecule has 0 saturated heterocycles. The topological polar surface area (TPSA) is 39.1 Å². The van der Waals surface area contributed by atoms with E-state index in [-0.39, 0.29) is 0 Å². The Morgan fingerprint density at radius 3 is 2.89 bits per heavy atom. The molecule has 0 saturated carbocycles. The molecule has 0 atom stereocenters. The van der Waals surface area contributed by atoms with Gasteiger partial charge < -0.3 is 10.1 Å². The minimum atomic E-state index is 0.418. The summed E-state index contributed by atoms with van der Waals surface area (Å²) < 4.78 is 7.52. The number of hydrogen-bond donors (Lipinski definition) is 1. The van der Waals surface area contributed by atoms with Crippen LogP contribution in [0.5, 0.6) is 5.75 Å². The second-order valence-corrected chi connectivity index (χ2v) is 4.44. The fourth-order valence-corrected chi connectivity index (χ4v) is 1.98. The number of ether oxygens (including phenoxy) is 1. The molecule has 0 spiro atoms. The summed E-state index contributed by atoms with van der Waals surface area (Å²) >= 11 is 6.16. The molecule has 1 aromatic carbocycles. The fourth-order valence-electron chi connectivity index (χ4n) is 1.73. The van der Waals surface area contributed by atoms with Crippen LogP contribution >= 0.6 is 11.6 Å². The zero-order valence-electron chi connectivity index (χ0n) is 10.5. The van der Waals surface area contributed by atoms with Gasteiger partial charge in [-0.3, -0.25) is 4.68 Å². The van der Waals surface area contributed by atoms with Crippen molar-refractivity contribution >= 4 is 11.6 Å². The highest BCUT2D eigenvalue weighted by Gasteiger charge is 2.08. The molecule has 4 nitrogen and oxygen atoms in total. The van der Waals surface area contributed by atoms with Crippen molar-refractivity contribution < 1.29 is 4.74 Å². The van der Waals surface area contributed by atoms with Crippen LogP contribution in [-0.4, -0.2) is 16.8 Å². The number of aromatic nitrogens is 2. The summed E-state index contributed by atoms with van der Waals surface area (Å²) in [6.07, 6.45) is 1.89. The predicted molar refractivity (Wildman–Crippen MR) is 71.8 cm³/mol. The van der Waals surface area contributed by atoms with E-state index in [1.54, 1.807) is 4.68 Å². The van der Waals surface area contributed by atoms with Gasteiger partial charge in [0.15, 0.2) is 0 Å². The highest BCUT2D eigenvalue weighted by atomic mass is 35.5. The van der Waals surface area contributed by atoms with Gasteiger partial charge in [0.05, 0.1) is 10.7 Å². The van der Waals surface area contributed by atoms with E-state index in [9.17, 15) is 0 Å². The maximum atomic E-state index is 6.16. The minimum Gasteiger partial charge on any atom is -0.485 e. The fraction of sp³-hybridized carbons (Fsp3) is 0.308. The highest BCUT2D eigenvalue weighted by molar-refractivity contribution is 6.32. The Labute approximate surface area is 112 Å². The first-order valence-electron chi connectivity index (χ1n) is 5.74. The number of hydrogen-bond acceptors (Lipinski definition) is 3. The first-order valence-corrected chi connectivity index (χ1v) is 6.12. The molecular formula is C13H16ClN3O. The molecule has 1 aromatic heterocycles.